The molecule has 1 aliphatic carbocycles. The lowest BCUT2D eigenvalue weighted by Gasteiger charge is -2.26. The number of anilines is 1. The molecule has 0 saturated heterocycles. The van der Waals surface area contributed by atoms with Crippen LogP contribution in [0.15, 0.2) is 28.2 Å². The maximum absolute atomic E-state index is 14.9. The van der Waals surface area contributed by atoms with E-state index in [9.17, 15) is 23.6 Å². The van der Waals surface area contributed by atoms with Crippen molar-refractivity contribution in [3.05, 3.63) is 34.1 Å². The fourth-order valence-electron chi connectivity index (χ4n) is 3.35. The van der Waals surface area contributed by atoms with E-state index in [-0.39, 0.29) is 46.7 Å². The molecule has 1 aromatic carbocycles. The summed E-state index contributed by atoms with van der Waals surface area (Å²) >= 11 is 7.11. The van der Waals surface area contributed by atoms with Crippen molar-refractivity contribution < 1.29 is 33.0 Å². The molecule has 0 fully saturated rings. The highest BCUT2D eigenvalue weighted by Gasteiger charge is 2.32. The minimum absolute atomic E-state index is 0.0274. The number of carbonyl (C=O) groups excluding carboxylic acids is 4. The van der Waals surface area contributed by atoms with Gasteiger partial charge in [-0.3, -0.25) is 14.4 Å². The summed E-state index contributed by atoms with van der Waals surface area (Å²) in [5.74, 6) is -3.56. The van der Waals surface area contributed by atoms with Gasteiger partial charge in [0.15, 0.2) is 0 Å². The second-order valence-corrected chi connectivity index (χ2v) is 9.03. The van der Waals surface area contributed by atoms with E-state index >= 15 is 0 Å². The number of ether oxygens (including phenoxy) is 2. The zero-order chi connectivity index (χ0) is 24.7. The SMILES string of the molecule is CCOC(=O)CSc1cc(N(C(C)=O)C(=O)C2=C(C(=O)OC(C)C)CCCC2)c(F)cc1Cl. The maximum atomic E-state index is 14.9. The summed E-state index contributed by atoms with van der Waals surface area (Å²) in [7, 11) is 0. The predicted octanol–water partition coefficient (Wildman–Crippen LogP) is 4.84. The Hall–Kier alpha value is -2.39. The highest BCUT2D eigenvalue weighted by Crippen LogP contribution is 2.36. The van der Waals surface area contributed by atoms with Crippen molar-refractivity contribution in [2.24, 2.45) is 0 Å². The van der Waals surface area contributed by atoms with Gasteiger partial charge in [0.2, 0.25) is 5.91 Å². The monoisotopic (exact) mass is 499 g/mol. The van der Waals surface area contributed by atoms with Crippen LogP contribution >= 0.6 is 23.4 Å². The van der Waals surface area contributed by atoms with E-state index in [1.807, 2.05) is 0 Å². The van der Waals surface area contributed by atoms with Gasteiger partial charge in [0.1, 0.15) is 5.82 Å². The summed E-state index contributed by atoms with van der Waals surface area (Å²) in [5.41, 5.74) is 0.0348. The van der Waals surface area contributed by atoms with Crippen LogP contribution in [0.3, 0.4) is 0 Å². The smallest absolute Gasteiger partial charge is 0.334 e. The first-order valence-electron chi connectivity index (χ1n) is 10.6. The second kappa shape index (κ2) is 12.2. The Kier molecular flexibility index (Phi) is 9.91. The molecule has 1 aliphatic rings. The molecule has 0 radical (unpaired) electrons. The van der Waals surface area contributed by atoms with Crippen LogP contribution in [0.2, 0.25) is 5.02 Å². The molecule has 0 unspecified atom stereocenters. The average molecular weight is 500 g/mol. The fourth-order valence-corrected chi connectivity index (χ4v) is 4.41. The molecule has 0 aromatic heterocycles. The first-order chi connectivity index (χ1) is 15.6. The standard InChI is InChI=1S/C23H27ClFNO6S/c1-5-31-21(28)12-33-20-11-19(18(25)10-17(20)24)26(14(4)27)22(29)15-8-6-7-9-16(15)23(30)32-13(2)3/h10-11,13H,5-9,12H2,1-4H3. The van der Waals surface area contributed by atoms with Gasteiger partial charge in [-0.1, -0.05) is 11.6 Å². The lowest BCUT2D eigenvalue weighted by Crippen LogP contribution is -2.38. The Morgan fingerprint density at radius 3 is 2.36 bits per heavy atom. The van der Waals surface area contributed by atoms with Gasteiger partial charge < -0.3 is 9.47 Å². The highest BCUT2D eigenvalue weighted by atomic mass is 35.5. The summed E-state index contributed by atoms with van der Waals surface area (Å²) < 4.78 is 25.0. The molecule has 0 N–H and O–H groups in total. The van der Waals surface area contributed by atoms with Gasteiger partial charge in [0.25, 0.3) is 5.91 Å². The highest BCUT2D eigenvalue weighted by molar-refractivity contribution is 8.00. The number of rotatable bonds is 8. The van der Waals surface area contributed by atoms with E-state index in [2.05, 4.69) is 0 Å². The van der Waals surface area contributed by atoms with Crippen LogP contribution < -0.4 is 4.90 Å². The van der Waals surface area contributed by atoms with E-state index in [1.165, 1.54) is 6.07 Å². The lowest BCUT2D eigenvalue weighted by atomic mass is 9.90. The summed E-state index contributed by atoms with van der Waals surface area (Å²) in [4.78, 5) is 51.1. The first kappa shape index (κ1) is 26.9. The predicted molar refractivity (Wildman–Crippen MR) is 124 cm³/mol. The molecule has 0 spiro atoms. The molecule has 0 bridgehead atoms. The molecule has 2 amide bonds. The quantitative estimate of drug-likeness (QED) is 0.373. The summed E-state index contributed by atoms with van der Waals surface area (Å²) in [6.45, 7) is 6.41. The molecule has 7 nitrogen and oxygen atoms in total. The number of nitrogens with zero attached hydrogens (tertiary/aromatic N) is 1. The zero-order valence-electron chi connectivity index (χ0n) is 19.0. The number of halogens is 2. The van der Waals surface area contributed by atoms with E-state index in [4.69, 9.17) is 21.1 Å². The van der Waals surface area contributed by atoms with Crippen molar-refractivity contribution in [2.75, 3.05) is 17.3 Å². The third-order valence-electron chi connectivity index (χ3n) is 4.73. The molecule has 0 heterocycles. The van der Waals surface area contributed by atoms with Crippen molar-refractivity contribution in [1.82, 2.24) is 0 Å². The molecule has 180 valence electrons. The van der Waals surface area contributed by atoms with Crippen molar-refractivity contribution >= 4 is 52.8 Å². The Labute approximate surface area is 201 Å². The third-order valence-corrected chi connectivity index (χ3v) is 6.18. The number of thioether (sulfide) groups is 1. The Morgan fingerprint density at radius 1 is 1.15 bits per heavy atom. The largest absolute Gasteiger partial charge is 0.465 e. The van der Waals surface area contributed by atoms with Gasteiger partial charge in [-0.05, 0) is 58.6 Å². The number of benzene rings is 1. The number of esters is 2. The second-order valence-electron chi connectivity index (χ2n) is 7.61. The first-order valence-corrected chi connectivity index (χ1v) is 12.0. The van der Waals surface area contributed by atoms with Gasteiger partial charge in [0, 0.05) is 23.0 Å². The molecule has 0 saturated carbocycles. The van der Waals surface area contributed by atoms with Gasteiger partial charge in [0.05, 0.1) is 29.2 Å². The molecule has 1 aromatic rings. The molecule has 33 heavy (non-hydrogen) atoms. The van der Waals surface area contributed by atoms with Crippen molar-refractivity contribution in [2.45, 2.75) is 64.4 Å². The lowest BCUT2D eigenvalue weighted by molar-refractivity contribution is -0.143. The normalized spacial score (nSPS) is 13.7. The Morgan fingerprint density at radius 2 is 1.79 bits per heavy atom. The van der Waals surface area contributed by atoms with Gasteiger partial charge in [-0.2, -0.15) is 0 Å². The number of imide groups is 1. The molecule has 0 atom stereocenters. The summed E-state index contributed by atoms with van der Waals surface area (Å²) in [5, 5.41) is 0.0274. The van der Waals surface area contributed by atoms with Crippen LogP contribution in [-0.4, -0.2) is 42.2 Å². The van der Waals surface area contributed by atoms with Crippen LogP contribution in [0.25, 0.3) is 0 Å². The number of amides is 2. The topological polar surface area (TPSA) is 90.0 Å². The van der Waals surface area contributed by atoms with E-state index in [1.54, 1.807) is 20.8 Å². The Balaban J connectivity index is 2.46. The van der Waals surface area contributed by atoms with E-state index in [0.717, 1.165) is 24.8 Å². The van der Waals surface area contributed by atoms with Gasteiger partial charge in [-0.25, -0.2) is 14.1 Å². The van der Waals surface area contributed by atoms with Crippen LogP contribution in [0.5, 0.6) is 0 Å². The number of carbonyl (C=O) groups is 4. The zero-order valence-corrected chi connectivity index (χ0v) is 20.6. The molecular formula is C23H27ClFNO6S. The fraction of sp³-hybridized carbons (Fsp3) is 0.478. The summed E-state index contributed by atoms with van der Waals surface area (Å²) in [6, 6.07) is 2.23. The van der Waals surface area contributed by atoms with Crippen molar-refractivity contribution in [1.29, 1.82) is 0 Å². The van der Waals surface area contributed by atoms with Gasteiger partial charge >= 0.3 is 11.9 Å². The van der Waals surface area contributed by atoms with E-state index < -0.39 is 29.6 Å². The van der Waals surface area contributed by atoms with Crippen molar-refractivity contribution in [3.63, 3.8) is 0 Å². The van der Waals surface area contributed by atoms with Crippen LogP contribution in [0.4, 0.5) is 10.1 Å². The van der Waals surface area contributed by atoms with E-state index in [0.29, 0.717) is 29.1 Å². The number of hydrogen-bond donors (Lipinski definition) is 0. The molecular weight excluding hydrogens is 473 g/mol. The van der Waals surface area contributed by atoms with Crippen LogP contribution in [-0.2, 0) is 28.7 Å². The molecule has 2 rings (SSSR count). The maximum Gasteiger partial charge on any atom is 0.334 e. The van der Waals surface area contributed by atoms with Crippen LogP contribution in [0, 0.1) is 5.82 Å². The Bertz CT molecular complexity index is 978. The van der Waals surface area contributed by atoms with Gasteiger partial charge in [-0.15, -0.1) is 11.8 Å². The number of hydrogen-bond acceptors (Lipinski definition) is 7. The molecule has 10 heteroatoms. The van der Waals surface area contributed by atoms with Crippen molar-refractivity contribution in [3.8, 4) is 0 Å². The molecule has 0 aliphatic heterocycles. The van der Waals surface area contributed by atoms with Crippen LogP contribution in [0.1, 0.15) is 53.4 Å². The average Bonchev–Trinajstić information content (AvgIpc) is 2.74. The minimum Gasteiger partial charge on any atom is -0.465 e. The summed E-state index contributed by atoms with van der Waals surface area (Å²) in [6.07, 6.45) is 1.57. The minimum atomic E-state index is -0.883. The third kappa shape index (κ3) is 7.04.